The monoisotopic (exact) mass is 170 g/mol. The van der Waals surface area contributed by atoms with Gasteiger partial charge in [-0.3, -0.25) is 0 Å². The van der Waals surface area contributed by atoms with Crippen molar-refractivity contribution in [2.75, 3.05) is 6.61 Å². The van der Waals surface area contributed by atoms with Gasteiger partial charge < -0.3 is 4.74 Å². The number of ether oxygens (including phenoxy) is 1. The van der Waals surface area contributed by atoms with Gasteiger partial charge in [0.2, 0.25) is 0 Å². The molecule has 0 heterocycles. The summed E-state index contributed by atoms with van der Waals surface area (Å²) < 4.78 is 49.8. The van der Waals surface area contributed by atoms with Crippen LogP contribution >= 0.6 is 0 Å². The van der Waals surface area contributed by atoms with Crippen LogP contribution in [0.15, 0.2) is 24.7 Å². The van der Waals surface area contributed by atoms with Gasteiger partial charge >= 0.3 is 6.18 Å². The summed E-state index contributed by atoms with van der Waals surface area (Å²) in [5.74, 6) is 0. The van der Waals surface area contributed by atoms with E-state index in [2.05, 4.69) is 11.3 Å². The van der Waals surface area contributed by atoms with Gasteiger partial charge in [-0.1, -0.05) is 12.7 Å². The Labute approximate surface area is 61.0 Å². The van der Waals surface area contributed by atoms with Crippen molar-refractivity contribution in [1.82, 2.24) is 0 Å². The molecule has 0 saturated carbocycles. The Morgan fingerprint density at radius 1 is 1.45 bits per heavy atom. The molecule has 5 heteroatoms. The van der Waals surface area contributed by atoms with Gasteiger partial charge in [-0.25, -0.2) is 0 Å². The van der Waals surface area contributed by atoms with Crippen LogP contribution in [0.25, 0.3) is 0 Å². The van der Waals surface area contributed by atoms with Crippen molar-refractivity contribution in [3.8, 4) is 0 Å². The lowest BCUT2D eigenvalue weighted by atomic mass is 10.6. The van der Waals surface area contributed by atoms with E-state index in [1.54, 1.807) is 0 Å². The molecule has 0 aromatic carbocycles. The predicted octanol–water partition coefficient (Wildman–Crippen LogP) is 2.56. The van der Waals surface area contributed by atoms with Crippen LogP contribution in [0.4, 0.5) is 17.6 Å². The van der Waals surface area contributed by atoms with Gasteiger partial charge in [0, 0.05) is 0 Å². The van der Waals surface area contributed by atoms with E-state index in [1.165, 1.54) is 0 Å². The average Bonchev–Trinajstić information content (AvgIpc) is 1.79. The molecule has 0 bridgehead atoms. The van der Waals surface area contributed by atoms with Gasteiger partial charge in [0.15, 0.2) is 0 Å². The Balaban J connectivity index is 3.90. The Hall–Kier alpha value is -1.00. The van der Waals surface area contributed by atoms with Crippen LogP contribution in [0.2, 0.25) is 0 Å². The zero-order chi connectivity index (χ0) is 8.91. The quantitative estimate of drug-likeness (QED) is 0.359. The van der Waals surface area contributed by atoms with Gasteiger partial charge in [0.05, 0.1) is 6.08 Å². The molecule has 0 spiro atoms. The van der Waals surface area contributed by atoms with Crippen LogP contribution in [0.1, 0.15) is 0 Å². The maximum absolute atomic E-state index is 12.0. The highest BCUT2D eigenvalue weighted by Gasteiger charge is 2.25. The van der Waals surface area contributed by atoms with Gasteiger partial charge in [0.25, 0.3) is 6.01 Å². The molecule has 0 saturated heterocycles. The Bertz CT molecular complexity index is 158. The van der Waals surface area contributed by atoms with Crippen molar-refractivity contribution >= 4 is 0 Å². The molecular formula is C6H6F4O. The summed E-state index contributed by atoms with van der Waals surface area (Å²) in [7, 11) is 0. The third-order valence-corrected chi connectivity index (χ3v) is 0.616. The summed E-state index contributed by atoms with van der Waals surface area (Å²) in [4.78, 5) is 0. The molecule has 1 nitrogen and oxygen atoms in total. The molecule has 0 rings (SSSR count). The van der Waals surface area contributed by atoms with Gasteiger partial charge in [0.1, 0.15) is 6.61 Å². The first-order valence-electron chi connectivity index (χ1n) is 2.64. The summed E-state index contributed by atoms with van der Waals surface area (Å²) in [5.41, 5.74) is 0. The van der Waals surface area contributed by atoms with E-state index in [0.717, 1.165) is 6.08 Å². The van der Waals surface area contributed by atoms with Crippen molar-refractivity contribution in [2.45, 2.75) is 6.18 Å². The second-order valence-corrected chi connectivity index (χ2v) is 1.59. The van der Waals surface area contributed by atoms with Crippen LogP contribution in [0, 0.1) is 0 Å². The third-order valence-electron chi connectivity index (χ3n) is 0.616. The molecule has 0 atom stereocenters. The van der Waals surface area contributed by atoms with Crippen LogP contribution in [0.3, 0.4) is 0 Å². The Kier molecular flexibility index (Phi) is 3.64. The molecule has 0 amide bonds. The zero-order valence-electron chi connectivity index (χ0n) is 5.49. The molecule has 11 heavy (non-hydrogen) atoms. The highest BCUT2D eigenvalue weighted by molar-refractivity contribution is 4.90. The summed E-state index contributed by atoms with van der Waals surface area (Å²) >= 11 is 0. The Morgan fingerprint density at radius 2 is 2.00 bits per heavy atom. The van der Waals surface area contributed by atoms with E-state index >= 15 is 0 Å². The molecule has 0 aliphatic heterocycles. The number of hydrogen-bond acceptors (Lipinski definition) is 1. The molecule has 64 valence electrons. The minimum atomic E-state index is -4.68. The van der Waals surface area contributed by atoms with E-state index < -0.39 is 18.3 Å². The molecule has 0 aromatic heterocycles. The summed E-state index contributed by atoms with van der Waals surface area (Å²) in [6.45, 7) is 2.85. The summed E-state index contributed by atoms with van der Waals surface area (Å²) in [5, 5.41) is 0. The zero-order valence-corrected chi connectivity index (χ0v) is 5.49. The van der Waals surface area contributed by atoms with Crippen LogP contribution in [0.5, 0.6) is 0 Å². The lowest BCUT2D eigenvalue weighted by molar-refractivity contribution is -0.0848. The van der Waals surface area contributed by atoms with Crippen molar-refractivity contribution in [2.24, 2.45) is 0 Å². The fraction of sp³-hybridized carbons (Fsp3) is 0.333. The van der Waals surface area contributed by atoms with Gasteiger partial charge in [-0.2, -0.15) is 17.6 Å². The van der Waals surface area contributed by atoms with E-state index in [-0.39, 0.29) is 6.61 Å². The first-order chi connectivity index (χ1) is 4.95. The summed E-state index contributed by atoms with van der Waals surface area (Å²) in [6.07, 6.45) is -4.09. The largest absolute Gasteiger partial charge is 0.467 e. The predicted molar refractivity (Wildman–Crippen MR) is 31.4 cm³/mol. The second-order valence-electron chi connectivity index (χ2n) is 1.59. The smallest absolute Gasteiger partial charge is 0.415 e. The molecule has 0 fully saturated rings. The number of alkyl halides is 3. The highest BCUT2D eigenvalue weighted by Crippen LogP contribution is 2.19. The second kappa shape index (κ2) is 4.00. The van der Waals surface area contributed by atoms with E-state index in [9.17, 15) is 17.6 Å². The molecule has 0 aliphatic carbocycles. The maximum atomic E-state index is 12.0. The van der Waals surface area contributed by atoms with E-state index in [1.807, 2.05) is 0 Å². The van der Waals surface area contributed by atoms with E-state index in [0.29, 0.717) is 0 Å². The van der Waals surface area contributed by atoms with Crippen molar-refractivity contribution in [3.05, 3.63) is 24.7 Å². The fourth-order valence-electron chi connectivity index (χ4n) is 0.309. The first kappa shape index (κ1) is 10.0. The van der Waals surface area contributed by atoms with Gasteiger partial charge in [-0.05, 0) is 0 Å². The lowest BCUT2D eigenvalue weighted by Gasteiger charge is -2.00. The number of rotatable bonds is 3. The minimum absolute atomic E-state index is 0.279. The lowest BCUT2D eigenvalue weighted by Crippen LogP contribution is -2.03. The molecule has 0 unspecified atom stereocenters. The van der Waals surface area contributed by atoms with Crippen LogP contribution < -0.4 is 0 Å². The summed E-state index contributed by atoms with van der Waals surface area (Å²) in [6, 6.07) is -1.66. The third kappa shape index (κ3) is 6.89. The highest BCUT2D eigenvalue weighted by atomic mass is 19.4. The molecule has 0 radical (unpaired) electrons. The van der Waals surface area contributed by atoms with Crippen LogP contribution in [-0.2, 0) is 4.74 Å². The number of allylic oxidation sites excluding steroid dienone is 1. The Morgan fingerprint density at radius 3 is 2.36 bits per heavy atom. The van der Waals surface area contributed by atoms with Crippen molar-refractivity contribution < 1.29 is 22.3 Å². The standard InChI is InChI=1S/C6H6F4O/c1-2-3-11-5(7)4-6(8,9)10/h2,4H,1,3H2. The SMILES string of the molecule is C=CCOC(F)=CC(F)(F)F. The normalized spacial score (nSPS) is 12.9. The number of hydrogen-bond donors (Lipinski definition) is 0. The van der Waals surface area contributed by atoms with Gasteiger partial charge in [-0.15, -0.1) is 0 Å². The number of halogens is 4. The van der Waals surface area contributed by atoms with Crippen molar-refractivity contribution in [1.29, 1.82) is 0 Å². The topological polar surface area (TPSA) is 9.23 Å². The molecule has 0 N–H and O–H groups in total. The molecule has 0 aliphatic rings. The maximum Gasteiger partial charge on any atom is 0.415 e. The minimum Gasteiger partial charge on any atom is -0.467 e. The van der Waals surface area contributed by atoms with Crippen LogP contribution in [-0.4, -0.2) is 12.8 Å². The fourth-order valence-corrected chi connectivity index (χ4v) is 0.309. The first-order valence-corrected chi connectivity index (χ1v) is 2.64. The average molecular weight is 170 g/mol. The molecule has 0 aromatic rings. The molecular weight excluding hydrogens is 164 g/mol. The van der Waals surface area contributed by atoms with E-state index in [4.69, 9.17) is 0 Å². The van der Waals surface area contributed by atoms with Crippen molar-refractivity contribution in [3.63, 3.8) is 0 Å².